The van der Waals surface area contributed by atoms with Gasteiger partial charge >= 0.3 is 0 Å². The summed E-state index contributed by atoms with van der Waals surface area (Å²) in [5, 5.41) is 2.70. The molecule has 1 fully saturated rings. The van der Waals surface area contributed by atoms with Crippen molar-refractivity contribution in [3.8, 4) is 0 Å². The summed E-state index contributed by atoms with van der Waals surface area (Å²) < 4.78 is 0. The van der Waals surface area contributed by atoms with Crippen molar-refractivity contribution in [3.63, 3.8) is 0 Å². The first-order valence-corrected chi connectivity index (χ1v) is 8.44. The number of hydrogen-bond donors (Lipinski definition) is 1. The zero-order valence-electron chi connectivity index (χ0n) is 15.5. The molecule has 3 nitrogen and oxygen atoms in total. The quantitative estimate of drug-likeness (QED) is 0.794. The zero-order valence-corrected chi connectivity index (χ0v) is 15.5. The summed E-state index contributed by atoms with van der Waals surface area (Å²) in [4.78, 5) is 22.0. The molecule has 1 unspecified atom stereocenters. The number of carbonyl (C=O) groups excluding carboxylic acids is 2. The van der Waals surface area contributed by atoms with Gasteiger partial charge in [-0.1, -0.05) is 52.5 Å². The first-order chi connectivity index (χ1) is 10.9. The Kier molecular flexibility index (Phi) is 9.87. The van der Waals surface area contributed by atoms with Gasteiger partial charge in [-0.3, -0.25) is 9.59 Å². The van der Waals surface area contributed by atoms with Crippen molar-refractivity contribution in [1.29, 1.82) is 0 Å². The Morgan fingerprint density at radius 2 is 1.96 bits per heavy atom. The SMILES string of the molecule is C=C1CCC(C)C(=O)N1.CC.CCc1c(C)cccc1C(C)=O. The van der Waals surface area contributed by atoms with Gasteiger partial charge in [-0.2, -0.15) is 0 Å². The van der Waals surface area contributed by atoms with Crippen molar-refractivity contribution in [3.05, 3.63) is 47.2 Å². The summed E-state index contributed by atoms with van der Waals surface area (Å²) in [5.41, 5.74) is 4.13. The third kappa shape index (κ3) is 6.81. The maximum absolute atomic E-state index is 11.2. The summed E-state index contributed by atoms with van der Waals surface area (Å²) in [6, 6.07) is 5.88. The van der Waals surface area contributed by atoms with Gasteiger partial charge in [0.1, 0.15) is 0 Å². The molecule has 1 aromatic rings. The average Bonchev–Trinajstić information content (AvgIpc) is 2.53. The molecule has 0 saturated carbocycles. The standard InChI is InChI=1S/C11H14O.C7H11NO.C2H6/c1-4-10-8(2)6-5-7-11(10)9(3)12;1-5-3-4-6(2)8-7(5)9;1-2/h5-7H,4H2,1-3H3;5H,2-4H2,1H3,(H,8,9);1-2H3. The van der Waals surface area contributed by atoms with Crippen LogP contribution < -0.4 is 5.32 Å². The lowest BCUT2D eigenvalue weighted by Crippen LogP contribution is -2.32. The van der Waals surface area contributed by atoms with Crippen molar-refractivity contribution in [2.45, 2.75) is 60.8 Å². The van der Waals surface area contributed by atoms with Crippen LogP contribution in [0.15, 0.2) is 30.5 Å². The molecule has 2 rings (SSSR count). The van der Waals surface area contributed by atoms with Gasteiger partial charge < -0.3 is 5.32 Å². The lowest BCUT2D eigenvalue weighted by Gasteiger charge is -2.19. The minimum absolute atomic E-state index is 0.117. The average molecular weight is 317 g/mol. The second kappa shape index (κ2) is 10.8. The Morgan fingerprint density at radius 1 is 1.35 bits per heavy atom. The number of carbonyl (C=O) groups is 2. The Bertz CT molecular complexity index is 547. The number of ketones is 1. The summed E-state index contributed by atoms with van der Waals surface area (Å²) in [5.74, 6) is 0.456. The van der Waals surface area contributed by atoms with Crippen LogP contribution in [0.4, 0.5) is 0 Å². The second-order valence-electron chi connectivity index (χ2n) is 5.54. The number of hydrogen-bond acceptors (Lipinski definition) is 2. The fourth-order valence-corrected chi connectivity index (χ4v) is 2.38. The molecule has 0 spiro atoms. The van der Waals surface area contributed by atoms with Crippen molar-refractivity contribution >= 4 is 11.7 Å². The van der Waals surface area contributed by atoms with Crippen LogP contribution in [0.3, 0.4) is 0 Å². The van der Waals surface area contributed by atoms with Gasteiger partial charge in [0.15, 0.2) is 5.78 Å². The summed E-state index contributed by atoms with van der Waals surface area (Å²) >= 11 is 0. The Balaban J connectivity index is 0.000000392. The number of aryl methyl sites for hydroxylation is 1. The van der Waals surface area contributed by atoms with Crippen molar-refractivity contribution < 1.29 is 9.59 Å². The van der Waals surface area contributed by atoms with E-state index in [1.54, 1.807) is 6.92 Å². The third-order valence-electron chi connectivity index (χ3n) is 3.77. The van der Waals surface area contributed by atoms with Crippen LogP contribution in [0.2, 0.25) is 0 Å². The smallest absolute Gasteiger partial charge is 0.226 e. The minimum atomic E-state index is 0.117. The van der Waals surface area contributed by atoms with Gasteiger partial charge in [0.25, 0.3) is 0 Å². The highest BCUT2D eigenvalue weighted by Gasteiger charge is 2.18. The third-order valence-corrected chi connectivity index (χ3v) is 3.77. The van der Waals surface area contributed by atoms with E-state index >= 15 is 0 Å². The Labute approximate surface area is 141 Å². The van der Waals surface area contributed by atoms with Crippen LogP contribution in [0.1, 0.15) is 68.9 Å². The molecular formula is C20H31NO2. The minimum Gasteiger partial charge on any atom is -0.330 e. The summed E-state index contributed by atoms with van der Waals surface area (Å²) in [6.07, 6.45) is 2.82. The number of amides is 1. The molecule has 1 aromatic carbocycles. The second-order valence-corrected chi connectivity index (χ2v) is 5.54. The number of allylic oxidation sites excluding steroid dienone is 1. The van der Waals surface area contributed by atoms with E-state index in [1.807, 2.05) is 45.9 Å². The maximum atomic E-state index is 11.2. The highest BCUT2D eigenvalue weighted by Crippen LogP contribution is 2.15. The lowest BCUT2D eigenvalue weighted by molar-refractivity contribution is -0.124. The molecule has 1 amide bonds. The Hall–Kier alpha value is -1.90. The van der Waals surface area contributed by atoms with E-state index in [1.165, 1.54) is 11.1 Å². The van der Waals surface area contributed by atoms with E-state index in [4.69, 9.17) is 0 Å². The van der Waals surface area contributed by atoms with Gasteiger partial charge in [-0.05, 0) is 44.2 Å². The number of rotatable bonds is 2. The molecule has 0 bridgehead atoms. The van der Waals surface area contributed by atoms with E-state index in [-0.39, 0.29) is 17.6 Å². The van der Waals surface area contributed by atoms with Gasteiger partial charge in [-0.25, -0.2) is 0 Å². The van der Waals surface area contributed by atoms with Crippen LogP contribution in [0.5, 0.6) is 0 Å². The molecule has 0 aliphatic carbocycles. The zero-order chi connectivity index (χ0) is 18.0. The fraction of sp³-hybridized carbons (Fsp3) is 0.500. The maximum Gasteiger partial charge on any atom is 0.226 e. The normalized spacial score (nSPS) is 16.3. The molecule has 1 N–H and O–H groups in total. The fourth-order valence-electron chi connectivity index (χ4n) is 2.38. The monoisotopic (exact) mass is 317 g/mol. The topological polar surface area (TPSA) is 46.2 Å². The summed E-state index contributed by atoms with van der Waals surface area (Å²) in [6.45, 7) is 15.3. The molecular weight excluding hydrogens is 286 g/mol. The van der Waals surface area contributed by atoms with Crippen LogP contribution in [0.25, 0.3) is 0 Å². The van der Waals surface area contributed by atoms with E-state index in [0.29, 0.717) is 0 Å². The van der Waals surface area contributed by atoms with Crippen LogP contribution in [0, 0.1) is 12.8 Å². The highest BCUT2D eigenvalue weighted by molar-refractivity contribution is 5.95. The highest BCUT2D eigenvalue weighted by atomic mass is 16.2. The number of benzene rings is 1. The number of piperidine rings is 1. The number of Topliss-reactive ketones (excluding diaryl/α,β-unsaturated/α-hetero) is 1. The van der Waals surface area contributed by atoms with Crippen LogP contribution in [-0.2, 0) is 11.2 Å². The molecule has 0 aromatic heterocycles. The first-order valence-electron chi connectivity index (χ1n) is 8.44. The molecule has 1 heterocycles. The van der Waals surface area contributed by atoms with Gasteiger partial charge in [-0.15, -0.1) is 0 Å². The number of nitrogens with one attached hydrogen (secondary N) is 1. The van der Waals surface area contributed by atoms with Crippen molar-refractivity contribution in [2.24, 2.45) is 5.92 Å². The van der Waals surface area contributed by atoms with Crippen LogP contribution in [-0.4, -0.2) is 11.7 Å². The van der Waals surface area contributed by atoms with Crippen LogP contribution >= 0.6 is 0 Å². The molecule has 1 saturated heterocycles. The van der Waals surface area contributed by atoms with E-state index < -0.39 is 0 Å². The lowest BCUT2D eigenvalue weighted by atomic mass is 9.98. The van der Waals surface area contributed by atoms with Gasteiger partial charge in [0, 0.05) is 17.2 Å². The van der Waals surface area contributed by atoms with Crippen molar-refractivity contribution in [1.82, 2.24) is 5.32 Å². The van der Waals surface area contributed by atoms with Gasteiger partial charge in [0.2, 0.25) is 5.91 Å². The predicted molar refractivity (Wildman–Crippen MR) is 97.6 cm³/mol. The predicted octanol–water partition coefficient (Wildman–Crippen LogP) is 4.83. The van der Waals surface area contributed by atoms with E-state index in [0.717, 1.165) is 30.5 Å². The first kappa shape index (κ1) is 21.1. The summed E-state index contributed by atoms with van der Waals surface area (Å²) in [7, 11) is 0. The molecule has 1 atom stereocenters. The molecule has 23 heavy (non-hydrogen) atoms. The van der Waals surface area contributed by atoms with Gasteiger partial charge in [0.05, 0.1) is 0 Å². The molecule has 128 valence electrons. The van der Waals surface area contributed by atoms with Crippen molar-refractivity contribution in [2.75, 3.05) is 0 Å². The Morgan fingerprint density at radius 3 is 2.35 bits per heavy atom. The molecule has 1 aliphatic rings. The molecule has 1 aliphatic heterocycles. The van der Waals surface area contributed by atoms with E-state index in [2.05, 4.69) is 18.8 Å². The van der Waals surface area contributed by atoms with E-state index in [9.17, 15) is 9.59 Å². The molecule has 0 radical (unpaired) electrons. The largest absolute Gasteiger partial charge is 0.330 e. The molecule has 3 heteroatoms.